The van der Waals surface area contributed by atoms with Gasteiger partial charge in [-0.25, -0.2) is 56.6 Å². The molecule has 3 aliphatic carbocycles. The van der Waals surface area contributed by atoms with E-state index in [0.717, 1.165) is 114 Å². The van der Waals surface area contributed by atoms with Crippen LogP contribution in [0.3, 0.4) is 0 Å². The van der Waals surface area contributed by atoms with Gasteiger partial charge in [0.15, 0.2) is 0 Å². The molecular weight excluding hydrogens is 1310 g/mol. The summed E-state index contributed by atoms with van der Waals surface area (Å²) in [6, 6.07) is 25.2. The van der Waals surface area contributed by atoms with Crippen LogP contribution in [0.4, 0.5) is 30.6 Å². The monoisotopic (exact) mass is 1380 g/mol. The third-order valence-electron chi connectivity index (χ3n) is 22.4. The molecule has 3 aliphatic heterocycles. The van der Waals surface area contributed by atoms with Crippen molar-refractivity contribution in [1.82, 2.24) is 80.1 Å². The van der Waals surface area contributed by atoms with Crippen molar-refractivity contribution in [3.8, 4) is 33.8 Å². The van der Waals surface area contributed by atoms with Crippen LogP contribution in [0.5, 0.6) is 0 Å². The number of nitrogens with one attached hydrogen (secondary N) is 3. The smallest absolute Gasteiger partial charge is 0.238 e. The molecule has 4 aromatic carbocycles. The first-order chi connectivity index (χ1) is 47.9. The van der Waals surface area contributed by atoms with E-state index >= 15 is 0 Å². The fourth-order valence-corrected chi connectivity index (χ4v) is 18.0. The van der Waals surface area contributed by atoms with Crippen molar-refractivity contribution in [3.05, 3.63) is 173 Å². The Kier molecular flexibility index (Phi) is 15.7. The minimum absolute atomic E-state index is 0.0825. The van der Waals surface area contributed by atoms with Crippen molar-refractivity contribution in [2.24, 2.45) is 71.9 Å². The Morgan fingerprint density at radius 1 is 0.535 bits per heavy atom. The molecule has 3 saturated carbocycles. The summed E-state index contributed by atoms with van der Waals surface area (Å²) in [5, 5.41) is 36.0. The van der Waals surface area contributed by atoms with Crippen molar-refractivity contribution >= 4 is 72.6 Å². The van der Waals surface area contributed by atoms with Gasteiger partial charge in [-0.2, -0.15) is 25.5 Å². The Labute approximate surface area is 571 Å². The van der Waals surface area contributed by atoms with Gasteiger partial charge in [0, 0.05) is 118 Å². The number of rotatable bonds is 13. The zero-order valence-electron chi connectivity index (χ0n) is 54.3. The molecular formula is C69H71ClF3N23O2S. The van der Waals surface area contributed by atoms with Crippen LogP contribution < -0.4 is 37.0 Å². The Balaban J connectivity index is 0.000000116. The van der Waals surface area contributed by atoms with E-state index in [9.17, 15) is 21.6 Å². The summed E-state index contributed by atoms with van der Waals surface area (Å²) in [7, 11) is -0.0964. The average molecular weight is 1380 g/mol. The molecule has 99 heavy (non-hydrogen) atoms. The molecule has 0 amide bonds. The second kappa shape index (κ2) is 24.3. The number of fused-ring (bicyclic) bond motifs is 6. The van der Waals surface area contributed by atoms with E-state index in [4.69, 9.17) is 53.9 Å². The Hall–Kier alpha value is -9.78. The first-order valence-electron chi connectivity index (χ1n) is 32.9. The quantitative estimate of drug-likeness (QED) is 0.0583. The SMILES string of the molecule is Cc1c(-c2[nH]nc3nc(N4CC[C@@H]5[C@H](C4)[C@@]5(CN)c4ccccc4F)cnc23)cnn1C.Cn1cc(-c2[nH]nc3nc(N4CC[C@@H]5[C@H](C4)[C@@]5(CN)c4ccccc4F)cnc23)cn1.NC[C@]1(c2ccccc2F)[C@@H]2CCN(c3cnc4c(-c5ccc(S(N)(=O)=O)cc5Cl)[nH]nc4n3)C[C@@H]21. The predicted octanol–water partition coefficient (Wildman–Crippen LogP) is 7.61. The molecule has 25 nitrogen and oxygen atoms in total. The van der Waals surface area contributed by atoms with Crippen LogP contribution >= 0.6 is 11.6 Å². The summed E-state index contributed by atoms with van der Waals surface area (Å²) in [6.45, 7) is 8.04. The largest absolute Gasteiger partial charge is 0.355 e. The van der Waals surface area contributed by atoms with E-state index in [1.165, 1.54) is 30.3 Å². The maximum atomic E-state index is 14.6. The molecule has 11 heterocycles. The molecule has 8 aromatic heterocycles. The second-order valence-corrected chi connectivity index (χ2v) is 28.8. The molecule has 11 N–H and O–H groups in total. The molecule has 18 rings (SSSR count). The van der Waals surface area contributed by atoms with E-state index in [1.54, 1.807) is 47.5 Å². The van der Waals surface area contributed by atoms with Gasteiger partial charge in [0.2, 0.25) is 27.0 Å². The third-order valence-corrected chi connectivity index (χ3v) is 23.6. The van der Waals surface area contributed by atoms with Crippen LogP contribution in [0.1, 0.15) is 41.6 Å². The normalized spacial score (nSPS) is 24.4. The topological polar surface area (TPSA) is 347 Å². The molecule has 0 radical (unpaired) electrons. The number of aromatic amines is 3. The molecule has 9 atom stereocenters. The van der Waals surface area contributed by atoms with Gasteiger partial charge in [0.05, 0.1) is 58.0 Å². The van der Waals surface area contributed by atoms with Gasteiger partial charge in [0.25, 0.3) is 0 Å². The summed E-state index contributed by atoms with van der Waals surface area (Å²) >= 11 is 6.34. The Morgan fingerprint density at radius 3 is 1.30 bits per heavy atom. The van der Waals surface area contributed by atoms with Crippen molar-refractivity contribution in [3.63, 3.8) is 0 Å². The van der Waals surface area contributed by atoms with E-state index in [0.29, 0.717) is 101 Å². The fraction of sp³-hybridized carbons (Fsp3) is 0.348. The summed E-state index contributed by atoms with van der Waals surface area (Å²) in [6.07, 6.45) is 13.6. The van der Waals surface area contributed by atoms with Crippen LogP contribution in [0.15, 0.2) is 133 Å². The first-order valence-corrected chi connectivity index (χ1v) is 34.9. The molecule has 3 saturated heterocycles. The number of aromatic nitrogens is 16. The minimum atomic E-state index is -3.88. The zero-order chi connectivity index (χ0) is 68.4. The first kappa shape index (κ1) is 63.9. The highest BCUT2D eigenvalue weighted by Gasteiger charge is 2.68. The summed E-state index contributed by atoms with van der Waals surface area (Å²) in [5.74, 6) is 3.76. The van der Waals surface area contributed by atoms with Crippen molar-refractivity contribution < 1.29 is 21.6 Å². The zero-order valence-corrected chi connectivity index (χ0v) is 55.8. The number of piperidine rings is 3. The third kappa shape index (κ3) is 10.5. The highest BCUT2D eigenvalue weighted by molar-refractivity contribution is 7.89. The fourth-order valence-electron chi connectivity index (χ4n) is 17.1. The number of hydrogen-bond donors (Lipinski definition) is 7. The highest BCUT2D eigenvalue weighted by atomic mass is 35.5. The number of halogens is 4. The molecule has 6 aliphatic rings. The molecule has 0 unspecified atom stereocenters. The van der Waals surface area contributed by atoms with Gasteiger partial charge in [-0.15, -0.1) is 0 Å². The summed E-state index contributed by atoms with van der Waals surface area (Å²) in [5.41, 5.74) is 29.1. The molecule has 508 valence electrons. The number of nitrogens with zero attached hydrogens (tertiary/aromatic N) is 16. The lowest BCUT2D eigenvalue weighted by Crippen LogP contribution is -2.32. The highest BCUT2D eigenvalue weighted by Crippen LogP contribution is 2.66. The lowest BCUT2D eigenvalue weighted by Gasteiger charge is -2.26. The van der Waals surface area contributed by atoms with Gasteiger partial charge in [-0.3, -0.25) is 24.7 Å². The Bertz CT molecular complexity index is 5240. The second-order valence-electron chi connectivity index (χ2n) is 26.9. The van der Waals surface area contributed by atoms with Crippen LogP contribution in [-0.2, 0) is 40.4 Å². The van der Waals surface area contributed by atoms with Gasteiger partial charge in [0.1, 0.15) is 51.5 Å². The molecule has 6 fully saturated rings. The van der Waals surface area contributed by atoms with Crippen molar-refractivity contribution in [1.29, 1.82) is 0 Å². The number of sulfonamides is 1. The molecule has 12 aromatic rings. The maximum absolute atomic E-state index is 14.6. The van der Waals surface area contributed by atoms with Gasteiger partial charge < -0.3 is 31.9 Å². The van der Waals surface area contributed by atoms with E-state index < -0.39 is 10.0 Å². The summed E-state index contributed by atoms with van der Waals surface area (Å²) in [4.78, 5) is 34.7. The number of nitrogens with two attached hydrogens (primary N) is 4. The number of hydrogen-bond acceptors (Lipinski definition) is 19. The minimum Gasteiger partial charge on any atom is -0.355 e. The van der Waals surface area contributed by atoms with Crippen LogP contribution in [0.25, 0.3) is 67.3 Å². The lowest BCUT2D eigenvalue weighted by molar-refractivity contribution is 0.533. The van der Waals surface area contributed by atoms with Crippen LogP contribution in [0.2, 0.25) is 5.02 Å². The Morgan fingerprint density at radius 2 is 0.939 bits per heavy atom. The van der Waals surface area contributed by atoms with E-state index in [1.807, 2.05) is 80.7 Å². The lowest BCUT2D eigenvalue weighted by atomic mass is 9.91. The number of H-pyrrole nitrogens is 3. The predicted molar refractivity (Wildman–Crippen MR) is 369 cm³/mol. The number of primary sulfonamides is 1. The number of benzene rings is 4. The van der Waals surface area contributed by atoms with Crippen LogP contribution in [-0.4, -0.2) is 147 Å². The number of anilines is 3. The molecule has 30 heteroatoms. The van der Waals surface area contributed by atoms with Crippen LogP contribution in [0, 0.1) is 59.9 Å². The van der Waals surface area contributed by atoms with Crippen molar-refractivity contribution in [2.75, 3.05) is 73.6 Å². The maximum Gasteiger partial charge on any atom is 0.238 e. The summed E-state index contributed by atoms with van der Waals surface area (Å²) < 4.78 is 70.6. The molecule has 0 spiro atoms. The number of aryl methyl sites for hydroxylation is 2. The van der Waals surface area contributed by atoms with E-state index in [-0.39, 0.29) is 49.5 Å². The van der Waals surface area contributed by atoms with Gasteiger partial charge in [-0.05, 0) is 115 Å². The van der Waals surface area contributed by atoms with Crippen molar-refractivity contribution in [2.45, 2.75) is 47.3 Å². The average Bonchev–Trinajstić information content (AvgIpc) is 1.54. The molecule has 0 bridgehead atoms. The van der Waals surface area contributed by atoms with Gasteiger partial charge in [-0.1, -0.05) is 66.2 Å². The standard InChI is InChI=1S/C24H23ClFN7O2S.C23H25FN8.C22H23FN8/c25-18-9-13(36(28,34)35)5-6-14(18)21-22-23(32-31-21)30-20(10-29-22)33-8-7-15-17(11-33)24(15,12-27)16-3-1-2-4-19(16)26;1-13-14(9-27-31(13)2)20-21-22(30-29-20)28-19(10-26-21)32-8-7-15-17(11-32)23(15,12-25)16-5-3-4-6-18(16)24;1-30-10-13(8-26-30)19-20-21(29-28-19)27-18(9-25-20)31-7-6-14-16(11-31)22(14,12-24)15-4-2-3-5-17(15)23/h1-6,9-10,15,17H,7-8,11-12,27H2,(H2,28,34,35)(H,30,31,32);3-6,9-10,15,17H,7-8,11-12,25H2,1-2H3,(H,28,29,30);2-5,8-10,14,16H,6-7,11-12,24H2,1H3,(H,27,28,29)/t15-,17+,24-;15-,17+,23-;14-,16+,22-/m111/s1. The van der Waals surface area contributed by atoms with Gasteiger partial charge >= 0.3 is 0 Å². The van der Waals surface area contributed by atoms with E-state index in [2.05, 4.69) is 65.5 Å².